The first-order valence-corrected chi connectivity index (χ1v) is 7.03. The molecule has 0 aliphatic heterocycles. The van der Waals surface area contributed by atoms with Crippen molar-refractivity contribution in [3.8, 4) is 0 Å². The molecule has 0 radical (unpaired) electrons. The Labute approximate surface area is 102 Å². The molecule has 2 N–H and O–H groups in total. The van der Waals surface area contributed by atoms with Gasteiger partial charge in [0.15, 0.2) is 0 Å². The molecule has 1 aliphatic carbocycles. The maximum atomic E-state index is 11.6. The largest absolute Gasteiger partial charge is 0.391 e. The van der Waals surface area contributed by atoms with Crippen molar-refractivity contribution in [2.24, 2.45) is 5.92 Å². The molecule has 0 saturated heterocycles. The lowest BCUT2D eigenvalue weighted by atomic mass is 10.2. The second-order valence-corrected chi connectivity index (χ2v) is 5.79. The number of carbonyl (C=O) groups excluding carboxylic acids is 1. The predicted octanol–water partition coefficient (Wildman–Crippen LogP) is 1.15. The average molecular weight is 246 g/mol. The molecule has 0 aromatic rings. The lowest BCUT2D eigenvalue weighted by Crippen LogP contribution is -2.43. The van der Waals surface area contributed by atoms with Crippen molar-refractivity contribution in [3.63, 3.8) is 0 Å². The van der Waals surface area contributed by atoms with Crippen molar-refractivity contribution >= 4 is 17.8 Å². The Hall–Kier alpha value is -0.420. The Morgan fingerprint density at radius 1 is 1.62 bits per heavy atom. The van der Waals surface area contributed by atoms with Crippen LogP contribution in [0.3, 0.4) is 0 Å². The minimum atomic E-state index is -0.353. The van der Waals surface area contributed by atoms with Crippen molar-refractivity contribution in [2.45, 2.75) is 31.1 Å². The smallest absolute Gasteiger partial charge is 0.317 e. The summed E-state index contributed by atoms with van der Waals surface area (Å²) in [4.78, 5) is 13.2. The quantitative estimate of drug-likeness (QED) is 0.739. The third kappa shape index (κ3) is 4.61. The second-order valence-electron chi connectivity index (χ2n) is 4.52. The van der Waals surface area contributed by atoms with E-state index < -0.39 is 0 Å². The number of hydrogen-bond acceptors (Lipinski definition) is 3. The van der Waals surface area contributed by atoms with Gasteiger partial charge in [0.1, 0.15) is 0 Å². The molecule has 94 valence electrons. The van der Waals surface area contributed by atoms with E-state index in [2.05, 4.69) is 12.2 Å². The molecule has 0 spiro atoms. The van der Waals surface area contributed by atoms with E-state index in [4.69, 9.17) is 0 Å². The molecule has 0 aromatic carbocycles. The SMILES string of the molecule is CSC(C)CNC(=O)N(C)CC(O)C1CC1. The average Bonchev–Trinajstić information content (AvgIpc) is 3.08. The molecule has 1 fully saturated rings. The summed E-state index contributed by atoms with van der Waals surface area (Å²) in [5, 5.41) is 13.0. The molecule has 4 nitrogen and oxygen atoms in total. The van der Waals surface area contributed by atoms with Crippen LogP contribution < -0.4 is 5.32 Å². The van der Waals surface area contributed by atoms with Crippen LogP contribution in [0.4, 0.5) is 4.79 Å². The van der Waals surface area contributed by atoms with E-state index in [1.165, 1.54) is 0 Å². The van der Waals surface area contributed by atoms with Crippen LogP contribution in [-0.2, 0) is 0 Å². The van der Waals surface area contributed by atoms with Gasteiger partial charge in [0.2, 0.25) is 0 Å². The number of nitrogens with zero attached hydrogens (tertiary/aromatic N) is 1. The Morgan fingerprint density at radius 2 is 2.25 bits per heavy atom. The first-order chi connectivity index (χ1) is 7.54. The van der Waals surface area contributed by atoms with Crippen LogP contribution in [0.15, 0.2) is 0 Å². The van der Waals surface area contributed by atoms with Gasteiger partial charge in [-0.3, -0.25) is 0 Å². The number of aliphatic hydroxyl groups is 1. The van der Waals surface area contributed by atoms with Gasteiger partial charge in [-0.15, -0.1) is 0 Å². The number of carbonyl (C=O) groups is 1. The van der Waals surface area contributed by atoms with E-state index in [0.717, 1.165) is 12.8 Å². The van der Waals surface area contributed by atoms with Crippen LogP contribution in [0, 0.1) is 5.92 Å². The lowest BCUT2D eigenvalue weighted by Gasteiger charge is -2.22. The van der Waals surface area contributed by atoms with Crippen LogP contribution in [0.2, 0.25) is 0 Å². The summed E-state index contributed by atoms with van der Waals surface area (Å²) >= 11 is 1.72. The Morgan fingerprint density at radius 3 is 2.75 bits per heavy atom. The molecule has 1 aliphatic rings. The van der Waals surface area contributed by atoms with Crippen molar-refractivity contribution in [2.75, 3.05) is 26.4 Å². The van der Waals surface area contributed by atoms with Gasteiger partial charge in [0, 0.05) is 25.4 Å². The molecule has 0 bridgehead atoms. The Kier molecular flexibility index (Phi) is 5.41. The van der Waals surface area contributed by atoms with Gasteiger partial charge >= 0.3 is 6.03 Å². The monoisotopic (exact) mass is 246 g/mol. The van der Waals surface area contributed by atoms with Gasteiger partial charge in [0.05, 0.1) is 6.10 Å². The molecule has 2 unspecified atom stereocenters. The van der Waals surface area contributed by atoms with E-state index in [-0.39, 0.29) is 12.1 Å². The molecular weight excluding hydrogens is 224 g/mol. The standard InChI is InChI=1S/C11H22N2O2S/c1-8(16-3)6-12-11(15)13(2)7-10(14)9-4-5-9/h8-10,14H,4-7H2,1-3H3,(H,12,15). The van der Waals surface area contributed by atoms with Crippen molar-refractivity contribution < 1.29 is 9.90 Å². The van der Waals surface area contributed by atoms with E-state index >= 15 is 0 Å². The number of hydrogen-bond donors (Lipinski definition) is 2. The molecule has 2 atom stereocenters. The van der Waals surface area contributed by atoms with Crippen molar-refractivity contribution in [3.05, 3.63) is 0 Å². The fourth-order valence-corrected chi connectivity index (χ4v) is 1.69. The highest BCUT2D eigenvalue weighted by molar-refractivity contribution is 7.99. The summed E-state index contributed by atoms with van der Waals surface area (Å²) in [6.45, 7) is 3.18. The summed E-state index contributed by atoms with van der Waals surface area (Å²) in [5.41, 5.74) is 0. The zero-order chi connectivity index (χ0) is 12.1. The zero-order valence-electron chi connectivity index (χ0n) is 10.3. The highest BCUT2D eigenvalue weighted by Crippen LogP contribution is 2.32. The van der Waals surface area contributed by atoms with Gasteiger partial charge in [-0.25, -0.2) is 4.79 Å². The number of rotatable bonds is 6. The van der Waals surface area contributed by atoms with Gasteiger partial charge < -0.3 is 15.3 Å². The molecular formula is C11H22N2O2S. The first kappa shape index (κ1) is 13.6. The maximum absolute atomic E-state index is 11.6. The van der Waals surface area contributed by atoms with E-state index in [1.807, 2.05) is 6.26 Å². The number of urea groups is 1. The summed E-state index contributed by atoms with van der Waals surface area (Å²) in [6, 6.07) is -0.0967. The molecule has 1 rings (SSSR count). The lowest BCUT2D eigenvalue weighted by molar-refractivity contribution is 0.113. The third-order valence-electron chi connectivity index (χ3n) is 2.92. The normalized spacial score (nSPS) is 19.0. The topological polar surface area (TPSA) is 52.6 Å². The van der Waals surface area contributed by atoms with Crippen LogP contribution >= 0.6 is 11.8 Å². The van der Waals surface area contributed by atoms with Crippen LogP contribution in [0.25, 0.3) is 0 Å². The van der Waals surface area contributed by atoms with Crippen molar-refractivity contribution in [1.29, 1.82) is 0 Å². The molecule has 1 saturated carbocycles. The third-order valence-corrected chi connectivity index (χ3v) is 3.89. The zero-order valence-corrected chi connectivity index (χ0v) is 11.1. The molecule has 0 heterocycles. The van der Waals surface area contributed by atoms with E-state index in [1.54, 1.807) is 23.7 Å². The van der Waals surface area contributed by atoms with Gasteiger partial charge in [-0.2, -0.15) is 11.8 Å². The maximum Gasteiger partial charge on any atom is 0.317 e. The predicted molar refractivity (Wildman–Crippen MR) is 67.7 cm³/mol. The van der Waals surface area contributed by atoms with Gasteiger partial charge in [-0.05, 0) is 25.0 Å². The van der Waals surface area contributed by atoms with E-state index in [9.17, 15) is 9.90 Å². The highest BCUT2D eigenvalue weighted by atomic mass is 32.2. The number of nitrogens with one attached hydrogen (secondary N) is 1. The Balaban J connectivity index is 2.18. The fraction of sp³-hybridized carbons (Fsp3) is 0.909. The van der Waals surface area contributed by atoms with Crippen molar-refractivity contribution in [1.82, 2.24) is 10.2 Å². The summed E-state index contributed by atoms with van der Waals surface area (Å²) in [7, 11) is 1.73. The second kappa shape index (κ2) is 6.35. The molecule has 2 amide bonds. The van der Waals surface area contributed by atoms with Crippen LogP contribution in [0.1, 0.15) is 19.8 Å². The summed E-state index contributed by atoms with van der Waals surface area (Å²) in [6.07, 6.45) is 3.87. The number of likely N-dealkylation sites (N-methyl/N-ethyl adjacent to an activating group) is 1. The minimum Gasteiger partial charge on any atom is -0.391 e. The van der Waals surface area contributed by atoms with E-state index in [0.29, 0.717) is 24.3 Å². The summed E-state index contributed by atoms with van der Waals surface area (Å²) < 4.78 is 0. The van der Waals surface area contributed by atoms with Crippen LogP contribution in [0.5, 0.6) is 0 Å². The minimum absolute atomic E-state index is 0.0967. The van der Waals surface area contributed by atoms with Gasteiger partial charge in [-0.1, -0.05) is 6.92 Å². The first-order valence-electron chi connectivity index (χ1n) is 5.74. The molecule has 0 aromatic heterocycles. The highest BCUT2D eigenvalue weighted by Gasteiger charge is 2.31. The Bertz CT molecular complexity index is 234. The number of thioether (sulfide) groups is 1. The van der Waals surface area contributed by atoms with Crippen LogP contribution in [-0.4, -0.2) is 53.8 Å². The van der Waals surface area contributed by atoms with Gasteiger partial charge in [0.25, 0.3) is 0 Å². The fourth-order valence-electron chi connectivity index (χ4n) is 1.44. The number of aliphatic hydroxyl groups excluding tert-OH is 1. The number of amides is 2. The molecule has 5 heteroatoms. The summed E-state index contributed by atoms with van der Waals surface area (Å²) in [5.74, 6) is 0.417. The molecule has 16 heavy (non-hydrogen) atoms.